The smallest absolute Gasteiger partial charge is 0.310 e. The minimum absolute atomic E-state index is 0.161. The molecule has 120 valence electrons. The number of carbonyl (C=O) groups is 1. The molecule has 3 heterocycles. The van der Waals surface area contributed by atoms with E-state index in [4.69, 9.17) is 4.42 Å². The number of benzene rings is 1. The molecule has 1 aliphatic heterocycles. The minimum atomic E-state index is -0.288. The molecule has 3 aromatic rings. The Balaban J connectivity index is 1.74. The predicted molar refractivity (Wildman–Crippen MR) is 91.2 cm³/mol. The van der Waals surface area contributed by atoms with E-state index in [0.29, 0.717) is 17.7 Å². The molecule has 1 atom stereocenters. The monoisotopic (exact) mass is 338 g/mol. The molecule has 0 spiro atoms. The van der Waals surface area contributed by atoms with Crippen molar-refractivity contribution in [2.75, 3.05) is 0 Å². The van der Waals surface area contributed by atoms with Crippen molar-refractivity contribution in [2.24, 2.45) is 5.10 Å². The van der Waals surface area contributed by atoms with Crippen LogP contribution in [-0.4, -0.2) is 21.7 Å². The highest BCUT2D eigenvalue weighted by atomic mass is 32.1. The molecule has 0 radical (unpaired) electrons. The number of amides is 1. The third-order valence-electron chi connectivity index (χ3n) is 3.94. The number of aromatic hydroxyl groups is 1. The first-order valence-corrected chi connectivity index (χ1v) is 8.38. The molecule has 1 amide bonds. The van der Waals surface area contributed by atoms with E-state index < -0.39 is 0 Å². The quantitative estimate of drug-likeness (QED) is 0.784. The Morgan fingerprint density at radius 1 is 1.21 bits per heavy atom. The zero-order valence-electron chi connectivity index (χ0n) is 12.6. The molecular weight excluding hydrogens is 324 g/mol. The van der Waals surface area contributed by atoms with Gasteiger partial charge in [0.05, 0.1) is 18.0 Å². The highest BCUT2D eigenvalue weighted by molar-refractivity contribution is 7.10. The summed E-state index contributed by atoms with van der Waals surface area (Å²) in [6.07, 6.45) is 2.02. The fraction of sp³-hybridized carbons (Fsp3) is 0.111. The maximum Gasteiger partial charge on any atom is 0.310 e. The van der Waals surface area contributed by atoms with E-state index in [2.05, 4.69) is 5.10 Å². The molecule has 6 heteroatoms. The van der Waals surface area contributed by atoms with Crippen molar-refractivity contribution < 1.29 is 14.3 Å². The first-order chi connectivity index (χ1) is 11.7. The Hall–Kier alpha value is -2.86. The average molecular weight is 338 g/mol. The van der Waals surface area contributed by atoms with E-state index in [9.17, 15) is 9.90 Å². The van der Waals surface area contributed by atoms with Gasteiger partial charge in [0.2, 0.25) is 0 Å². The van der Waals surface area contributed by atoms with Crippen LogP contribution in [0.4, 0.5) is 0 Å². The molecule has 0 saturated carbocycles. The van der Waals surface area contributed by atoms with Crippen LogP contribution in [0.25, 0.3) is 0 Å². The molecule has 0 unspecified atom stereocenters. The average Bonchev–Trinajstić information content (AvgIpc) is 3.34. The standard InChI is InChI=1S/C18H14N2O3S/c21-15-6-2-1-5-12(15)13-11-14(17-8-4-10-24-17)20(19-13)18(22)16-7-3-9-23-16/h1-10,14,21H,11H2/t14-/m0/s1. The van der Waals surface area contributed by atoms with Crippen LogP contribution in [-0.2, 0) is 0 Å². The Bertz CT molecular complexity index is 885. The Morgan fingerprint density at radius 3 is 2.79 bits per heavy atom. The summed E-state index contributed by atoms with van der Waals surface area (Å²) in [6.45, 7) is 0. The molecule has 24 heavy (non-hydrogen) atoms. The molecular formula is C18H14N2O3S. The lowest BCUT2D eigenvalue weighted by Gasteiger charge is -2.19. The van der Waals surface area contributed by atoms with Crippen LogP contribution in [0.1, 0.15) is 33.5 Å². The molecule has 0 saturated heterocycles. The number of phenols is 1. The fourth-order valence-electron chi connectivity index (χ4n) is 2.79. The van der Waals surface area contributed by atoms with Gasteiger partial charge in [-0.1, -0.05) is 18.2 Å². The number of thiophene rings is 1. The van der Waals surface area contributed by atoms with Crippen molar-refractivity contribution in [2.45, 2.75) is 12.5 Å². The van der Waals surface area contributed by atoms with Crippen LogP contribution in [0.3, 0.4) is 0 Å². The van der Waals surface area contributed by atoms with E-state index in [-0.39, 0.29) is 23.5 Å². The number of hydrogen-bond donors (Lipinski definition) is 1. The summed E-state index contributed by atoms with van der Waals surface area (Å²) in [6, 6.07) is 14.1. The zero-order chi connectivity index (χ0) is 16.5. The number of hydrazone groups is 1. The van der Waals surface area contributed by atoms with Gasteiger partial charge in [-0.2, -0.15) is 5.10 Å². The largest absolute Gasteiger partial charge is 0.507 e. The topological polar surface area (TPSA) is 66.0 Å². The molecule has 1 N–H and O–H groups in total. The first-order valence-electron chi connectivity index (χ1n) is 7.50. The lowest BCUT2D eigenvalue weighted by atomic mass is 10.0. The van der Waals surface area contributed by atoms with Crippen LogP contribution in [0.5, 0.6) is 5.75 Å². The van der Waals surface area contributed by atoms with Crippen molar-refractivity contribution in [1.82, 2.24) is 5.01 Å². The number of hydrogen-bond acceptors (Lipinski definition) is 5. The Labute approximate surface area is 142 Å². The number of nitrogens with zero attached hydrogens (tertiary/aromatic N) is 2. The second kappa shape index (κ2) is 5.98. The van der Waals surface area contributed by atoms with Crippen molar-refractivity contribution in [3.63, 3.8) is 0 Å². The Kier molecular flexibility index (Phi) is 3.66. The van der Waals surface area contributed by atoms with Crippen LogP contribution < -0.4 is 0 Å². The number of rotatable bonds is 3. The molecule has 2 aromatic heterocycles. The van der Waals surface area contributed by atoms with E-state index in [1.54, 1.807) is 41.7 Å². The summed E-state index contributed by atoms with van der Waals surface area (Å²) in [7, 11) is 0. The number of para-hydroxylation sites is 1. The van der Waals surface area contributed by atoms with Gasteiger partial charge in [-0.3, -0.25) is 4.79 Å². The molecule has 1 aliphatic rings. The number of phenolic OH excluding ortho intramolecular Hbond substituents is 1. The van der Waals surface area contributed by atoms with Gasteiger partial charge < -0.3 is 9.52 Å². The summed E-state index contributed by atoms with van der Waals surface area (Å²) < 4.78 is 5.23. The molecule has 0 fully saturated rings. The fourth-order valence-corrected chi connectivity index (χ4v) is 3.61. The third-order valence-corrected chi connectivity index (χ3v) is 4.91. The highest BCUT2D eigenvalue weighted by Gasteiger charge is 2.35. The highest BCUT2D eigenvalue weighted by Crippen LogP contribution is 2.37. The maximum absolute atomic E-state index is 12.7. The van der Waals surface area contributed by atoms with E-state index in [0.717, 1.165) is 4.88 Å². The summed E-state index contributed by atoms with van der Waals surface area (Å²) in [4.78, 5) is 13.8. The van der Waals surface area contributed by atoms with Crippen LogP contribution in [0.15, 0.2) is 69.7 Å². The van der Waals surface area contributed by atoms with Crippen LogP contribution in [0.2, 0.25) is 0 Å². The second-order valence-electron chi connectivity index (χ2n) is 5.43. The summed E-state index contributed by atoms with van der Waals surface area (Å²) in [5.41, 5.74) is 1.33. The van der Waals surface area contributed by atoms with Gasteiger partial charge in [0.1, 0.15) is 5.75 Å². The van der Waals surface area contributed by atoms with Crippen LogP contribution in [0, 0.1) is 0 Å². The van der Waals surface area contributed by atoms with E-state index >= 15 is 0 Å². The van der Waals surface area contributed by atoms with Gasteiger partial charge in [0.25, 0.3) is 0 Å². The van der Waals surface area contributed by atoms with E-state index in [1.165, 1.54) is 11.3 Å². The third kappa shape index (κ3) is 2.51. The summed E-state index contributed by atoms with van der Waals surface area (Å²) in [5.74, 6) is 0.121. The molecule has 1 aromatic carbocycles. The number of furan rings is 1. The van der Waals surface area contributed by atoms with Gasteiger partial charge in [0.15, 0.2) is 5.76 Å². The van der Waals surface area contributed by atoms with Gasteiger partial charge in [-0.25, -0.2) is 5.01 Å². The second-order valence-corrected chi connectivity index (χ2v) is 6.41. The van der Waals surface area contributed by atoms with Crippen molar-refractivity contribution in [1.29, 1.82) is 0 Å². The summed E-state index contributed by atoms with van der Waals surface area (Å²) in [5, 5.41) is 18.0. The van der Waals surface area contributed by atoms with Gasteiger partial charge in [-0.15, -0.1) is 11.3 Å². The molecule has 5 nitrogen and oxygen atoms in total. The zero-order valence-corrected chi connectivity index (χ0v) is 13.4. The van der Waals surface area contributed by atoms with E-state index in [1.807, 2.05) is 23.6 Å². The molecule has 4 rings (SSSR count). The predicted octanol–water partition coefficient (Wildman–Crippen LogP) is 4.04. The van der Waals surface area contributed by atoms with Gasteiger partial charge >= 0.3 is 5.91 Å². The SMILES string of the molecule is O=C(c1ccco1)N1N=C(c2ccccc2O)C[C@H]1c1cccs1. The molecule has 0 bridgehead atoms. The summed E-state index contributed by atoms with van der Waals surface area (Å²) >= 11 is 1.58. The van der Waals surface area contributed by atoms with Crippen molar-refractivity contribution in [3.05, 3.63) is 76.4 Å². The van der Waals surface area contributed by atoms with Gasteiger partial charge in [-0.05, 0) is 35.7 Å². The van der Waals surface area contributed by atoms with Crippen molar-refractivity contribution >= 4 is 23.0 Å². The molecule has 0 aliphatic carbocycles. The lowest BCUT2D eigenvalue weighted by molar-refractivity contribution is 0.0681. The first kappa shape index (κ1) is 14.7. The maximum atomic E-state index is 12.7. The van der Waals surface area contributed by atoms with Gasteiger partial charge in [0, 0.05) is 16.9 Å². The van der Waals surface area contributed by atoms with Crippen molar-refractivity contribution in [3.8, 4) is 5.75 Å². The number of carbonyl (C=O) groups excluding carboxylic acids is 1. The van der Waals surface area contributed by atoms with Crippen LogP contribution >= 0.6 is 11.3 Å². The lowest BCUT2D eigenvalue weighted by Crippen LogP contribution is -2.26. The Morgan fingerprint density at radius 2 is 2.08 bits per heavy atom. The normalized spacial score (nSPS) is 17.1. The minimum Gasteiger partial charge on any atom is -0.507 e.